The lowest BCUT2D eigenvalue weighted by Crippen LogP contribution is -2.41. The highest BCUT2D eigenvalue weighted by Crippen LogP contribution is 2.54. The Hall–Kier alpha value is -2.78. The van der Waals surface area contributed by atoms with Crippen LogP contribution in [0.5, 0.6) is 0 Å². The Morgan fingerprint density at radius 3 is 2.29 bits per heavy atom. The number of amides is 3. The molecule has 0 aliphatic carbocycles. The normalized spacial score (nSPS) is 20.3. The van der Waals surface area contributed by atoms with Crippen LogP contribution in [0.25, 0.3) is 0 Å². The van der Waals surface area contributed by atoms with E-state index in [-0.39, 0.29) is 28.1 Å². The number of benzene rings is 2. The van der Waals surface area contributed by atoms with Gasteiger partial charge in [-0.3, -0.25) is 23.7 Å². The van der Waals surface area contributed by atoms with Crippen molar-refractivity contribution in [3.8, 4) is 0 Å². The van der Waals surface area contributed by atoms with E-state index in [9.17, 15) is 27.6 Å². The van der Waals surface area contributed by atoms with Gasteiger partial charge in [-0.05, 0) is 48.5 Å². The maximum atomic E-state index is 13.5. The van der Waals surface area contributed by atoms with Gasteiger partial charge in [-0.25, -0.2) is 18.5 Å². The number of thiazole rings is 1. The molecular formula is C24H21BrN4O6S3. The van der Waals surface area contributed by atoms with Gasteiger partial charge in [0.05, 0.1) is 21.5 Å². The number of halogens is 1. The third-order valence-corrected chi connectivity index (χ3v) is 10.8. The van der Waals surface area contributed by atoms with E-state index in [1.54, 1.807) is 24.3 Å². The molecule has 2 aliphatic heterocycles. The molecule has 0 spiro atoms. The van der Waals surface area contributed by atoms with Crippen molar-refractivity contribution in [1.29, 1.82) is 0 Å². The number of fused-ring (bicyclic) bond motifs is 2. The SMILES string of the molecule is CC1(C)c2sc(=O)n(CC(=O)Nc3ccc(S(N)(=O)=O)cc3)c2SC2C(=O)N(c3ccc(Br)cc3)C(=O)C21. The molecule has 2 aliphatic rings. The monoisotopic (exact) mass is 636 g/mol. The van der Waals surface area contributed by atoms with Gasteiger partial charge < -0.3 is 5.32 Å². The predicted molar refractivity (Wildman–Crippen MR) is 148 cm³/mol. The van der Waals surface area contributed by atoms with Crippen molar-refractivity contribution in [3.05, 3.63) is 67.5 Å². The van der Waals surface area contributed by atoms with E-state index in [1.807, 2.05) is 13.8 Å². The Labute approximate surface area is 234 Å². The molecule has 5 rings (SSSR count). The van der Waals surface area contributed by atoms with E-state index in [0.29, 0.717) is 21.3 Å². The third kappa shape index (κ3) is 4.53. The minimum Gasteiger partial charge on any atom is -0.325 e. The van der Waals surface area contributed by atoms with Crippen molar-refractivity contribution < 1.29 is 22.8 Å². The summed E-state index contributed by atoms with van der Waals surface area (Å²) in [6.07, 6.45) is 0. The number of primary sulfonamides is 1. The molecule has 198 valence electrons. The molecule has 2 unspecified atom stereocenters. The lowest BCUT2D eigenvalue weighted by atomic mass is 9.76. The quantitative estimate of drug-likeness (QED) is 0.409. The first-order valence-corrected chi connectivity index (χ1v) is 15.3. The molecule has 38 heavy (non-hydrogen) atoms. The van der Waals surface area contributed by atoms with E-state index in [1.165, 1.54) is 33.7 Å². The molecule has 3 aromatic rings. The van der Waals surface area contributed by atoms with Crippen LogP contribution in [0.4, 0.5) is 11.4 Å². The molecule has 14 heteroatoms. The summed E-state index contributed by atoms with van der Waals surface area (Å²) in [4.78, 5) is 54.1. The number of aromatic nitrogens is 1. The van der Waals surface area contributed by atoms with Crippen molar-refractivity contribution in [2.75, 3.05) is 10.2 Å². The largest absolute Gasteiger partial charge is 0.325 e. The van der Waals surface area contributed by atoms with Crippen molar-refractivity contribution in [3.63, 3.8) is 0 Å². The Morgan fingerprint density at radius 1 is 1.05 bits per heavy atom. The zero-order chi connectivity index (χ0) is 27.6. The molecular weight excluding hydrogens is 616 g/mol. The summed E-state index contributed by atoms with van der Waals surface area (Å²) < 4.78 is 25.0. The lowest BCUT2D eigenvalue weighted by Gasteiger charge is -2.36. The fraction of sp³-hybridized carbons (Fsp3) is 0.250. The smallest absolute Gasteiger partial charge is 0.308 e. The number of nitrogens with zero attached hydrogens (tertiary/aromatic N) is 2. The predicted octanol–water partition coefficient (Wildman–Crippen LogP) is 2.90. The molecule has 1 fully saturated rings. The first kappa shape index (κ1) is 26.8. The van der Waals surface area contributed by atoms with Gasteiger partial charge in [-0.15, -0.1) is 0 Å². The van der Waals surface area contributed by atoms with Gasteiger partial charge >= 0.3 is 4.87 Å². The average molecular weight is 638 g/mol. The third-order valence-electron chi connectivity index (χ3n) is 6.56. The number of nitrogens with two attached hydrogens (primary N) is 1. The van der Waals surface area contributed by atoms with Gasteiger partial charge in [0.15, 0.2) is 0 Å². The van der Waals surface area contributed by atoms with Crippen molar-refractivity contribution in [2.24, 2.45) is 11.1 Å². The van der Waals surface area contributed by atoms with E-state index in [2.05, 4.69) is 21.2 Å². The number of anilines is 2. The van der Waals surface area contributed by atoms with Gasteiger partial charge in [-0.1, -0.05) is 52.9 Å². The Balaban J connectivity index is 1.42. The molecule has 2 atom stereocenters. The van der Waals surface area contributed by atoms with E-state index < -0.39 is 32.5 Å². The fourth-order valence-corrected chi connectivity index (χ4v) is 8.50. The summed E-state index contributed by atoms with van der Waals surface area (Å²) in [6, 6.07) is 12.2. The second kappa shape index (κ2) is 9.45. The molecule has 3 heterocycles. The number of nitrogens with one attached hydrogen (secondary N) is 1. The number of carbonyl (C=O) groups is 3. The number of imide groups is 1. The first-order chi connectivity index (χ1) is 17.8. The summed E-state index contributed by atoms with van der Waals surface area (Å²) in [7, 11) is -3.87. The molecule has 0 radical (unpaired) electrons. The van der Waals surface area contributed by atoms with Gasteiger partial charge in [0.1, 0.15) is 11.8 Å². The average Bonchev–Trinajstić information content (AvgIpc) is 3.28. The first-order valence-electron chi connectivity index (χ1n) is 11.3. The van der Waals surface area contributed by atoms with Gasteiger partial charge in [0.2, 0.25) is 27.7 Å². The standard InChI is InChI=1S/C24H21BrN4O6S3/c1-24(2)17-18(21(32)29(20(17)31)14-7-3-12(25)4-8-14)36-22-19(24)37-23(33)28(22)11-16(30)27-13-5-9-15(10-6-13)38(26,34)35/h3-10,17-18H,11H2,1-2H3,(H,27,30)(H2,26,34,35). The van der Waals surface area contributed by atoms with E-state index >= 15 is 0 Å². The molecule has 0 bridgehead atoms. The van der Waals surface area contributed by atoms with E-state index in [4.69, 9.17) is 5.14 Å². The van der Waals surface area contributed by atoms with Gasteiger partial charge in [0, 0.05) is 20.5 Å². The van der Waals surface area contributed by atoms with Crippen LogP contribution in [-0.4, -0.2) is 36.0 Å². The molecule has 3 amide bonds. The number of hydrogen-bond acceptors (Lipinski definition) is 8. The van der Waals surface area contributed by atoms with Crippen LogP contribution in [0.15, 0.2) is 67.7 Å². The topological polar surface area (TPSA) is 149 Å². The van der Waals surface area contributed by atoms with Crippen LogP contribution in [0.3, 0.4) is 0 Å². The molecule has 2 aromatic carbocycles. The Morgan fingerprint density at radius 2 is 1.68 bits per heavy atom. The van der Waals surface area contributed by atoms with Crippen LogP contribution in [0.1, 0.15) is 18.7 Å². The van der Waals surface area contributed by atoms with Crippen molar-refractivity contribution in [1.82, 2.24) is 4.57 Å². The second-order valence-corrected chi connectivity index (χ2v) is 14.0. The number of carbonyl (C=O) groups excluding carboxylic acids is 3. The highest BCUT2D eigenvalue weighted by Gasteiger charge is 2.59. The van der Waals surface area contributed by atoms with Crippen LogP contribution in [0, 0.1) is 5.92 Å². The summed E-state index contributed by atoms with van der Waals surface area (Å²) in [5, 5.41) is 7.48. The zero-order valence-electron chi connectivity index (χ0n) is 20.0. The second-order valence-electron chi connectivity index (χ2n) is 9.43. The van der Waals surface area contributed by atoms with Crippen LogP contribution >= 0.6 is 39.0 Å². The Bertz CT molecular complexity index is 1650. The lowest BCUT2D eigenvalue weighted by molar-refractivity contribution is -0.123. The summed E-state index contributed by atoms with van der Waals surface area (Å²) in [5.74, 6) is -1.87. The number of thioether (sulfide) groups is 1. The van der Waals surface area contributed by atoms with Crippen LogP contribution in [-0.2, 0) is 36.4 Å². The van der Waals surface area contributed by atoms with Crippen LogP contribution in [0.2, 0.25) is 0 Å². The highest BCUT2D eigenvalue weighted by atomic mass is 79.9. The van der Waals surface area contributed by atoms with Crippen molar-refractivity contribution in [2.45, 2.75) is 41.0 Å². The zero-order valence-corrected chi connectivity index (χ0v) is 24.0. The summed E-state index contributed by atoms with van der Waals surface area (Å²) in [5.41, 5.74) is -0.0196. The molecule has 0 saturated carbocycles. The number of hydrogen-bond donors (Lipinski definition) is 2. The van der Waals surface area contributed by atoms with Gasteiger partial charge in [-0.2, -0.15) is 0 Å². The van der Waals surface area contributed by atoms with E-state index in [0.717, 1.165) is 27.6 Å². The van der Waals surface area contributed by atoms with Crippen LogP contribution < -0.4 is 20.2 Å². The molecule has 1 aromatic heterocycles. The maximum Gasteiger partial charge on any atom is 0.308 e. The molecule has 10 nitrogen and oxygen atoms in total. The summed E-state index contributed by atoms with van der Waals surface area (Å²) >= 11 is 5.46. The molecule has 1 saturated heterocycles. The minimum atomic E-state index is -3.87. The number of rotatable bonds is 5. The Kier molecular flexibility index (Phi) is 6.67. The minimum absolute atomic E-state index is 0.0974. The number of sulfonamides is 1. The fourth-order valence-electron chi connectivity index (χ4n) is 4.68. The van der Waals surface area contributed by atoms with Gasteiger partial charge in [0.25, 0.3) is 0 Å². The summed E-state index contributed by atoms with van der Waals surface area (Å²) in [6.45, 7) is 3.36. The molecule has 3 N–H and O–H groups in total. The van der Waals surface area contributed by atoms with Crippen molar-refractivity contribution >= 4 is 78.1 Å². The highest BCUT2D eigenvalue weighted by molar-refractivity contribution is 9.10. The maximum absolute atomic E-state index is 13.5.